The first-order valence-electron chi connectivity index (χ1n) is 5.37. The Morgan fingerprint density at radius 1 is 1.22 bits per heavy atom. The number of thiophene rings is 1. The highest BCUT2D eigenvalue weighted by atomic mass is 35.5. The first kappa shape index (κ1) is 13.2. The molecule has 0 aliphatic rings. The molecule has 3 nitrogen and oxygen atoms in total. The van der Waals surface area contributed by atoms with Gasteiger partial charge in [0.05, 0.1) is 25.3 Å². The Morgan fingerprint density at radius 2 is 2.00 bits per heavy atom. The second-order valence-corrected chi connectivity index (χ2v) is 5.11. The third-order valence-electron chi connectivity index (χ3n) is 2.67. The number of methoxy groups -OCH3 is 2. The van der Waals surface area contributed by atoms with Crippen LogP contribution in [0.25, 0.3) is 0 Å². The molecule has 1 aromatic carbocycles. The highest BCUT2D eigenvalue weighted by molar-refractivity contribution is 7.10. The SMILES string of the molecule is COc1csc(C(N)c2ccc(OC)c(Cl)c2)c1. The zero-order valence-electron chi connectivity index (χ0n) is 10.1. The lowest BCUT2D eigenvalue weighted by molar-refractivity contribution is 0.414. The van der Waals surface area contributed by atoms with Crippen molar-refractivity contribution in [2.45, 2.75) is 6.04 Å². The van der Waals surface area contributed by atoms with Gasteiger partial charge < -0.3 is 15.2 Å². The molecule has 1 unspecified atom stereocenters. The van der Waals surface area contributed by atoms with E-state index in [4.69, 9.17) is 26.8 Å². The third kappa shape index (κ3) is 2.61. The maximum absolute atomic E-state index is 6.20. The predicted octanol–water partition coefficient (Wildman–Crippen LogP) is 3.47. The van der Waals surface area contributed by atoms with Crippen molar-refractivity contribution >= 4 is 22.9 Å². The Balaban J connectivity index is 2.27. The van der Waals surface area contributed by atoms with Crippen molar-refractivity contribution in [3.63, 3.8) is 0 Å². The maximum Gasteiger partial charge on any atom is 0.137 e. The first-order chi connectivity index (χ1) is 8.65. The Bertz CT molecular complexity index is 542. The van der Waals surface area contributed by atoms with Crippen LogP contribution in [-0.4, -0.2) is 14.2 Å². The number of halogens is 1. The number of benzene rings is 1. The normalized spacial score (nSPS) is 12.2. The molecule has 0 radical (unpaired) electrons. The fourth-order valence-corrected chi connectivity index (χ4v) is 2.79. The number of hydrogen-bond donors (Lipinski definition) is 1. The second kappa shape index (κ2) is 5.61. The molecule has 2 rings (SSSR count). The van der Waals surface area contributed by atoms with E-state index in [2.05, 4.69) is 0 Å². The zero-order valence-corrected chi connectivity index (χ0v) is 11.7. The lowest BCUT2D eigenvalue weighted by atomic mass is 10.1. The van der Waals surface area contributed by atoms with Crippen LogP contribution in [0.2, 0.25) is 5.02 Å². The molecule has 1 aromatic heterocycles. The van der Waals surface area contributed by atoms with Crippen LogP contribution in [0.4, 0.5) is 0 Å². The molecule has 18 heavy (non-hydrogen) atoms. The molecule has 0 saturated carbocycles. The molecule has 1 heterocycles. The van der Waals surface area contributed by atoms with Crippen LogP contribution in [0.3, 0.4) is 0 Å². The molecule has 0 fully saturated rings. The molecule has 0 amide bonds. The molecule has 2 aromatic rings. The van der Waals surface area contributed by atoms with Crippen molar-refractivity contribution in [1.82, 2.24) is 0 Å². The van der Waals surface area contributed by atoms with Gasteiger partial charge in [-0.15, -0.1) is 11.3 Å². The van der Waals surface area contributed by atoms with Gasteiger partial charge in [-0.1, -0.05) is 17.7 Å². The van der Waals surface area contributed by atoms with Crippen LogP contribution < -0.4 is 15.2 Å². The van der Waals surface area contributed by atoms with Gasteiger partial charge in [-0.05, 0) is 23.8 Å². The monoisotopic (exact) mass is 283 g/mol. The van der Waals surface area contributed by atoms with Gasteiger partial charge >= 0.3 is 0 Å². The summed E-state index contributed by atoms with van der Waals surface area (Å²) in [7, 11) is 3.23. The van der Waals surface area contributed by atoms with Crippen LogP contribution >= 0.6 is 22.9 Å². The summed E-state index contributed by atoms with van der Waals surface area (Å²) in [5, 5.41) is 2.49. The van der Waals surface area contributed by atoms with Crippen molar-refractivity contribution in [3.8, 4) is 11.5 Å². The summed E-state index contributed by atoms with van der Waals surface area (Å²) in [6.07, 6.45) is 0. The molecule has 0 spiro atoms. The van der Waals surface area contributed by atoms with E-state index in [-0.39, 0.29) is 6.04 Å². The van der Waals surface area contributed by atoms with E-state index in [0.717, 1.165) is 16.2 Å². The molecule has 0 aliphatic carbocycles. The summed E-state index contributed by atoms with van der Waals surface area (Å²) in [4.78, 5) is 1.04. The summed E-state index contributed by atoms with van der Waals surface area (Å²) in [6.45, 7) is 0. The van der Waals surface area contributed by atoms with Gasteiger partial charge in [0, 0.05) is 10.3 Å². The summed E-state index contributed by atoms with van der Waals surface area (Å²) < 4.78 is 10.3. The van der Waals surface area contributed by atoms with E-state index < -0.39 is 0 Å². The molecule has 96 valence electrons. The minimum atomic E-state index is -0.206. The van der Waals surface area contributed by atoms with Crippen LogP contribution in [0, 0.1) is 0 Å². The number of rotatable bonds is 4. The van der Waals surface area contributed by atoms with Crippen LogP contribution in [0.15, 0.2) is 29.6 Å². The number of hydrogen-bond acceptors (Lipinski definition) is 4. The van der Waals surface area contributed by atoms with Gasteiger partial charge in [0.2, 0.25) is 0 Å². The quantitative estimate of drug-likeness (QED) is 0.934. The lowest BCUT2D eigenvalue weighted by Crippen LogP contribution is -2.10. The largest absolute Gasteiger partial charge is 0.496 e. The zero-order chi connectivity index (χ0) is 13.1. The average Bonchev–Trinajstić information content (AvgIpc) is 2.86. The van der Waals surface area contributed by atoms with Crippen LogP contribution in [0.5, 0.6) is 11.5 Å². The minimum Gasteiger partial charge on any atom is -0.496 e. The maximum atomic E-state index is 6.20. The van der Waals surface area contributed by atoms with E-state index in [1.165, 1.54) is 0 Å². The van der Waals surface area contributed by atoms with E-state index in [9.17, 15) is 0 Å². The second-order valence-electron chi connectivity index (χ2n) is 3.76. The lowest BCUT2D eigenvalue weighted by Gasteiger charge is -2.11. The highest BCUT2D eigenvalue weighted by Crippen LogP contribution is 2.33. The molecule has 0 aliphatic heterocycles. The molecule has 0 bridgehead atoms. The van der Waals surface area contributed by atoms with Crippen LogP contribution in [0.1, 0.15) is 16.5 Å². The first-order valence-corrected chi connectivity index (χ1v) is 6.63. The van der Waals surface area contributed by atoms with E-state index in [0.29, 0.717) is 10.8 Å². The van der Waals surface area contributed by atoms with Crippen molar-refractivity contribution < 1.29 is 9.47 Å². The molecule has 2 N–H and O–H groups in total. The summed E-state index contributed by atoms with van der Waals surface area (Å²) in [5.41, 5.74) is 7.15. The van der Waals surface area contributed by atoms with Crippen molar-refractivity contribution in [3.05, 3.63) is 45.1 Å². The van der Waals surface area contributed by atoms with Crippen molar-refractivity contribution in [1.29, 1.82) is 0 Å². The average molecular weight is 284 g/mol. The summed E-state index contributed by atoms with van der Waals surface area (Å²) in [6, 6.07) is 7.30. The van der Waals surface area contributed by atoms with Crippen LogP contribution in [-0.2, 0) is 0 Å². The molecule has 1 atom stereocenters. The molecular formula is C13H14ClNO2S. The Morgan fingerprint density at radius 3 is 2.56 bits per heavy atom. The van der Waals surface area contributed by atoms with E-state index in [1.54, 1.807) is 25.6 Å². The van der Waals surface area contributed by atoms with Crippen molar-refractivity contribution in [2.24, 2.45) is 5.73 Å². The third-order valence-corrected chi connectivity index (χ3v) is 3.96. The van der Waals surface area contributed by atoms with Gasteiger partial charge in [0.1, 0.15) is 11.5 Å². The standard InChI is InChI=1S/C13H14ClNO2S/c1-16-9-6-12(18-7-9)13(15)8-3-4-11(17-2)10(14)5-8/h3-7,13H,15H2,1-2H3. The van der Waals surface area contributed by atoms with Gasteiger partial charge in [-0.3, -0.25) is 0 Å². The van der Waals surface area contributed by atoms with Gasteiger partial charge in [0.25, 0.3) is 0 Å². The van der Waals surface area contributed by atoms with E-state index >= 15 is 0 Å². The molecular weight excluding hydrogens is 270 g/mol. The Hall–Kier alpha value is -1.23. The van der Waals surface area contributed by atoms with E-state index in [1.807, 2.05) is 29.6 Å². The van der Waals surface area contributed by atoms with Gasteiger partial charge in [0.15, 0.2) is 0 Å². The Labute approximate surface area is 115 Å². The molecule has 0 saturated heterocycles. The fourth-order valence-electron chi connectivity index (χ4n) is 1.64. The highest BCUT2D eigenvalue weighted by Gasteiger charge is 2.13. The fraction of sp³-hybridized carbons (Fsp3) is 0.231. The summed E-state index contributed by atoms with van der Waals surface area (Å²) >= 11 is 7.66. The smallest absolute Gasteiger partial charge is 0.137 e. The van der Waals surface area contributed by atoms with Gasteiger partial charge in [-0.2, -0.15) is 0 Å². The number of ether oxygens (including phenoxy) is 2. The topological polar surface area (TPSA) is 44.5 Å². The Kier molecular flexibility index (Phi) is 4.11. The molecule has 5 heteroatoms. The summed E-state index contributed by atoms with van der Waals surface area (Å²) in [5.74, 6) is 1.47. The predicted molar refractivity (Wildman–Crippen MR) is 74.9 cm³/mol. The minimum absolute atomic E-state index is 0.206. The number of nitrogens with two attached hydrogens (primary N) is 1. The van der Waals surface area contributed by atoms with Crippen molar-refractivity contribution in [2.75, 3.05) is 14.2 Å². The van der Waals surface area contributed by atoms with Gasteiger partial charge in [-0.25, -0.2) is 0 Å².